The van der Waals surface area contributed by atoms with Crippen molar-refractivity contribution in [3.8, 4) is 0 Å². The van der Waals surface area contributed by atoms with Gasteiger partial charge >= 0.3 is 6.03 Å². The molecule has 0 saturated carbocycles. The second-order valence-corrected chi connectivity index (χ2v) is 8.72. The highest BCUT2D eigenvalue weighted by atomic mass is 35.5. The number of sulfonamides is 1. The first kappa shape index (κ1) is 21.1. The highest BCUT2D eigenvalue weighted by Gasteiger charge is 2.31. The van der Waals surface area contributed by atoms with Gasteiger partial charge in [-0.2, -0.15) is 0 Å². The van der Waals surface area contributed by atoms with E-state index >= 15 is 0 Å². The molecule has 2 aromatic rings. The Morgan fingerprint density at radius 2 is 1.79 bits per heavy atom. The number of halogens is 1. The number of amides is 3. The van der Waals surface area contributed by atoms with E-state index in [4.69, 9.17) is 16.7 Å². The Kier molecular flexibility index (Phi) is 6.41. The van der Waals surface area contributed by atoms with Crippen molar-refractivity contribution in [2.45, 2.75) is 23.8 Å². The maximum atomic E-state index is 12.2. The Morgan fingerprint density at radius 3 is 2.41 bits per heavy atom. The Morgan fingerprint density at radius 1 is 1.14 bits per heavy atom. The number of benzene rings is 2. The van der Waals surface area contributed by atoms with Gasteiger partial charge in [-0.05, 0) is 48.4 Å². The van der Waals surface area contributed by atoms with Crippen LogP contribution in [0.4, 0.5) is 10.5 Å². The van der Waals surface area contributed by atoms with Crippen molar-refractivity contribution in [2.75, 3.05) is 18.0 Å². The van der Waals surface area contributed by atoms with Crippen LogP contribution in [0.1, 0.15) is 12.0 Å². The number of nitrogens with zero attached hydrogens (tertiary/aromatic N) is 1. The van der Waals surface area contributed by atoms with Crippen molar-refractivity contribution in [1.82, 2.24) is 10.6 Å². The van der Waals surface area contributed by atoms with Crippen molar-refractivity contribution in [3.05, 3.63) is 59.1 Å². The molecule has 154 valence electrons. The summed E-state index contributed by atoms with van der Waals surface area (Å²) in [5, 5.41) is 11.2. The largest absolute Gasteiger partial charge is 0.338 e. The maximum Gasteiger partial charge on any atom is 0.315 e. The minimum Gasteiger partial charge on any atom is -0.338 e. The lowest BCUT2D eigenvalue weighted by molar-refractivity contribution is -0.117. The molecule has 1 atom stereocenters. The Labute approximate surface area is 174 Å². The summed E-state index contributed by atoms with van der Waals surface area (Å²) in [7, 11) is -3.72. The van der Waals surface area contributed by atoms with E-state index in [-0.39, 0.29) is 29.3 Å². The summed E-state index contributed by atoms with van der Waals surface area (Å²) in [4.78, 5) is 26.0. The normalized spacial score (nSPS) is 16.7. The third kappa shape index (κ3) is 5.69. The third-order valence-electron chi connectivity index (χ3n) is 4.55. The number of nitrogens with two attached hydrogens (primary N) is 1. The zero-order valence-electron chi connectivity index (χ0n) is 15.5. The average Bonchev–Trinajstić information content (AvgIpc) is 3.02. The Balaban J connectivity index is 1.45. The van der Waals surface area contributed by atoms with Crippen LogP contribution in [0.15, 0.2) is 53.4 Å². The van der Waals surface area contributed by atoms with Gasteiger partial charge in [0, 0.05) is 30.2 Å². The summed E-state index contributed by atoms with van der Waals surface area (Å²) in [6, 6.07) is 12.5. The fourth-order valence-corrected chi connectivity index (χ4v) is 3.72. The fraction of sp³-hybridized carbons (Fsp3) is 0.263. The molecule has 0 spiro atoms. The van der Waals surface area contributed by atoms with E-state index in [1.165, 1.54) is 12.1 Å². The number of urea groups is 1. The first-order chi connectivity index (χ1) is 13.7. The molecule has 0 aromatic heterocycles. The molecule has 1 aliphatic heterocycles. The van der Waals surface area contributed by atoms with E-state index in [2.05, 4.69) is 10.6 Å². The van der Waals surface area contributed by atoms with Crippen molar-refractivity contribution in [1.29, 1.82) is 0 Å². The van der Waals surface area contributed by atoms with E-state index in [9.17, 15) is 18.0 Å². The SMILES string of the molecule is NS(=O)(=O)c1ccc(CCNC(=O)NC2CC(=O)N(c3ccc(Cl)cc3)C2)cc1. The summed E-state index contributed by atoms with van der Waals surface area (Å²) >= 11 is 5.87. The molecule has 0 bridgehead atoms. The number of rotatable bonds is 6. The van der Waals surface area contributed by atoms with Gasteiger partial charge in [-0.25, -0.2) is 18.4 Å². The molecule has 1 heterocycles. The zero-order valence-corrected chi connectivity index (χ0v) is 17.0. The lowest BCUT2D eigenvalue weighted by atomic mass is 10.1. The molecule has 29 heavy (non-hydrogen) atoms. The first-order valence-corrected chi connectivity index (χ1v) is 10.9. The number of carbonyl (C=O) groups excluding carboxylic acids is 2. The van der Waals surface area contributed by atoms with Crippen LogP contribution in [0, 0.1) is 0 Å². The minimum absolute atomic E-state index is 0.0445. The standard InChI is InChI=1S/C19H21ClN4O4S/c20-14-3-5-16(6-4-14)24-12-15(11-18(24)25)23-19(26)22-10-9-13-1-7-17(8-2-13)29(21,27)28/h1-8,15H,9-12H2,(H2,21,27,28)(H2,22,23,26). The second-order valence-electron chi connectivity index (χ2n) is 6.72. The Bertz CT molecular complexity index is 994. The smallest absolute Gasteiger partial charge is 0.315 e. The molecule has 2 aromatic carbocycles. The topological polar surface area (TPSA) is 122 Å². The molecular weight excluding hydrogens is 416 g/mol. The Hall–Kier alpha value is -2.62. The van der Waals surface area contributed by atoms with Gasteiger partial charge in [-0.1, -0.05) is 23.7 Å². The molecule has 3 amide bonds. The monoisotopic (exact) mass is 436 g/mol. The van der Waals surface area contributed by atoms with Crippen molar-refractivity contribution >= 4 is 39.2 Å². The summed E-state index contributed by atoms with van der Waals surface area (Å²) in [6.07, 6.45) is 0.754. The summed E-state index contributed by atoms with van der Waals surface area (Å²) < 4.78 is 22.5. The molecule has 0 radical (unpaired) electrons. The minimum atomic E-state index is -3.72. The molecule has 3 rings (SSSR count). The molecule has 0 aliphatic carbocycles. The molecule has 1 aliphatic rings. The predicted octanol–water partition coefficient (Wildman–Crippen LogP) is 1.63. The highest BCUT2D eigenvalue weighted by Crippen LogP contribution is 2.23. The molecule has 1 fully saturated rings. The van der Waals surface area contributed by atoms with E-state index in [1.807, 2.05) is 0 Å². The molecular formula is C19H21ClN4O4S. The van der Waals surface area contributed by atoms with Crippen molar-refractivity contribution < 1.29 is 18.0 Å². The number of nitrogens with one attached hydrogen (secondary N) is 2. The summed E-state index contributed by atoms with van der Waals surface area (Å²) in [6.45, 7) is 0.755. The van der Waals surface area contributed by atoms with Crippen LogP contribution in [-0.4, -0.2) is 39.5 Å². The molecule has 10 heteroatoms. The molecule has 8 nitrogen and oxygen atoms in total. The van der Waals surface area contributed by atoms with Gasteiger partial charge in [0.25, 0.3) is 0 Å². The van der Waals surface area contributed by atoms with Crippen LogP contribution in [0.3, 0.4) is 0 Å². The number of primary sulfonamides is 1. The van der Waals surface area contributed by atoms with Crippen molar-refractivity contribution in [2.24, 2.45) is 5.14 Å². The van der Waals surface area contributed by atoms with Crippen LogP contribution in [0.25, 0.3) is 0 Å². The molecule has 1 saturated heterocycles. The van der Waals surface area contributed by atoms with Crippen LogP contribution >= 0.6 is 11.6 Å². The first-order valence-electron chi connectivity index (χ1n) is 8.94. The van der Waals surface area contributed by atoms with E-state index < -0.39 is 10.0 Å². The summed E-state index contributed by atoms with van der Waals surface area (Å²) in [5.74, 6) is -0.0624. The van der Waals surface area contributed by atoms with Crippen molar-refractivity contribution in [3.63, 3.8) is 0 Å². The van der Waals surface area contributed by atoms with Gasteiger partial charge in [0.05, 0.1) is 10.9 Å². The lowest BCUT2D eigenvalue weighted by Gasteiger charge is -2.17. The predicted molar refractivity (Wildman–Crippen MR) is 110 cm³/mol. The highest BCUT2D eigenvalue weighted by molar-refractivity contribution is 7.89. The van der Waals surface area contributed by atoms with Gasteiger partial charge in [0.1, 0.15) is 0 Å². The van der Waals surface area contributed by atoms with Gasteiger partial charge in [0.15, 0.2) is 0 Å². The average molecular weight is 437 g/mol. The number of hydrogen-bond donors (Lipinski definition) is 3. The van der Waals surface area contributed by atoms with Crippen LogP contribution in [-0.2, 0) is 21.2 Å². The van der Waals surface area contributed by atoms with Crippen LogP contribution in [0.5, 0.6) is 0 Å². The van der Waals surface area contributed by atoms with Gasteiger partial charge in [-0.15, -0.1) is 0 Å². The van der Waals surface area contributed by atoms with Crippen LogP contribution < -0.4 is 20.7 Å². The fourth-order valence-electron chi connectivity index (χ4n) is 3.08. The number of hydrogen-bond acceptors (Lipinski definition) is 4. The molecule has 4 N–H and O–H groups in total. The number of carbonyl (C=O) groups is 2. The van der Waals surface area contributed by atoms with E-state index in [0.717, 1.165) is 11.3 Å². The third-order valence-corrected chi connectivity index (χ3v) is 5.73. The van der Waals surface area contributed by atoms with E-state index in [0.29, 0.717) is 24.5 Å². The molecule has 1 unspecified atom stereocenters. The zero-order chi connectivity index (χ0) is 21.0. The summed E-state index contributed by atoms with van der Waals surface area (Å²) in [5.41, 5.74) is 1.61. The quantitative estimate of drug-likeness (QED) is 0.637. The number of anilines is 1. The van der Waals surface area contributed by atoms with Crippen LogP contribution in [0.2, 0.25) is 5.02 Å². The van der Waals surface area contributed by atoms with Gasteiger partial charge in [-0.3, -0.25) is 4.79 Å². The maximum absolute atomic E-state index is 12.2. The van der Waals surface area contributed by atoms with E-state index in [1.54, 1.807) is 41.3 Å². The lowest BCUT2D eigenvalue weighted by Crippen LogP contribution is -2.43. The van der Waals surface area contributed by atoms with Gasteiger partial charge < -0.3 is 15.5 Å². The second kappa shape index (κ2) is 8.81. The van der Waals surface area contributed by atoms with Gasteiger partial charge in [0.2, 0.25) is 15.9 Å².